The van der Waals surface area contributed by atoms with Crippen LogP contribution in [0, 0.1) is 5.82 Å². The molecule has 0 aromatic heterocycles. The van der Waals surface area contributed by atoms with E-state index < -0.39 is 0 Å². The largest absolute Gasteiger partial charge is 0.381 e. The number of hydrogen-bond acceptors (Lipinski definition) is 3. The van der Waals surface area contributed by atoms with Gasteiger partial charge in [0.15, 0.2) is 0 Å². The van der Waals surface area contributed by atoms with Gasteiger partial charge in [-0.15, -0.1) is 0 Å². The van der Waals surface area contributed by atoms with Crippen LogP contribution in [0.15, 0.2) is 18.2 Å². The zero-order chi connectivity index (χ0) is 10.7. The summed E-state index contributed by atoms with van der Waals surface area (Å²) in [7, 11) is 0. The van der Waals surface area contributed by atoms with Gasteiger partial charge in [0.25, 0.3) is 0 Å². The molecule has 1 aliphatic rings. The molecular formula is C11H15FN2S. The summed E-state index contributed by atoms with van der Waals surface area (Å²) in [6, 6.07) is 5.27. The van der Waals surface area contributed by atoms with Gasteiger partial charge in [-0.05, 0) is 36.6 Å². The highest BCUT2D eigenvalue weighted by atomic mass is 32.2. The molecule has 2 nitrogen and oxygen atoms in total. The van der Waals surface area contributed by atoms with Crippen molar-refractivity contribution in [1.82, 2.24) is 0 Å². The number of rotatable bonds is 3. The zero-order valence-electron chi connectivity index (χ0n) is 8.72. The van der Waals surface area contributed by atoms with E-state index in [1.807, 2.05) is 11.8 Å². The molecule has 0 amide bonds. The highest BCUT2D eigenvalue weighted by molar-refractivity contribution is 7.98. The summed E-state index contributed by atoms with van der Waals surface area (Å²) in [6.45, 7) is 0.872. The predicted octanol–water partition coefficient (Wildman–Crippen LogP) is 2.78. The Kier molecular flexibility index (Phi) is 3.36. The van der Waals surface area contributed by atoms with Crippen LogP contribution in [0.1, 0.15) is 6.42 Å². The lowest BCUT2D eigenvalue weighted by molar-refractivity contribution is 0.626. The summed E-state index contributed by atoms with van der Waals surface area (Å²) >= 11 is 1.85. The van der Waals surface area contributed by atoms with Crippen molar-refractivity contribution < 1.29 is 4.39 Å². The zero-order valence-corrected chi connectivity index (χ0v) is 9.53. The molecule has 0 spiro atoms. The second-order valence-corrected chi connectivity index (χ2v) is 4.68. The van der Waals surface area contributed by atoms with Gasteiger partial charge in [-0.3, -0.25) is 0 Å². The predicted molar refractivity (Wildman–Crippen MR) is 65.3 cm³/mol. The van der Waals surface area contributed by atoms with Gasteiger partial charge in [0.05, 0.1) is 11.4 Å². The lowest BCUT2D eigenvalue weighted by Gasteiger charge is -2.28. The Balaban J connectivity index is 2.03. The van der Waals surface area contributed by atoms with E-state index in [4.69, 9.17) is 0 Å². The lowest BCUT2D eigenvalue weighted by Crippen LogP contribution is -2.33. The fourth-order valence-corrected chi connectivity index (χ4v) is 2.25. The summed E-state index contributed by atoms with van der Waals surface area (Å²) in [5.41, 5.74) is 1.88. The Labute approximate surface area is 93.6 Å². The molecule has 1 aliphatic heterocycles. The van der Waals surface area contributed by atoms with Gasteiger partial charge < -0.3 is 10.6 Å². The molecule has 4 heteroatoms. The van der Waals surface area contributed by atoms with Crippen molar-refractivity contribution in [2.75, 3.05) is 29.2 Å². The van der Waals surface area contributed by atoms with E-state index in [-0.39, 0.29) is 5.82 Å². The van der Waals surface area contributed by atoms with Gasteiger partial charge >= 0.3 is 0 Å². The minimum absolute atomic E-state index is 0.189. The molecule has 15 heavy (non-hydrogen) atoms. The Hall–Kier alpha value is -0.900. The maximum atomic E-state index is 12.9. The molecule has 0 fully saturated rings. The fourth-order valence-electron chi connectivity index (χ4n) is 1.73. The lowest BCUT2D eigenvalue weighted by atomic mass is 10.1. The second kappa shape index (κ2) is 4.75. The SMILES string of the molecule is CSCCC1CNc2cc(F)ccc2N1. The van der Waals surface area contributed by atoms with E-state index >= 15 is 0 Å². The van der Waals surface area contributed by atoms with Crippen LogP contribution in [0.25, 0.3) is 0 Å². The van der Waals surface area contributed by atoms with E-state index in [1.165, 1.54) is 12.1 Å². The first-order chi connectivity index (χ1) is 7.29. The third kappa shape index (κ3) is 2.56. The number of thioether (sulfide) groups is 1. The van der Waals surface area contributed by atoms with Crippen molar-refractivity contribution in [2.24, 2.45) is 0 Å². The Morgan fingerprint density at radius 1 is 1.47 bits per heavy atom. The fraction of sp³-hybridized carbons (Fsp3) is 0.455. The average molecular weight is 226 g/mol. The number of halogens is 1. The monoisotopic (exact) mass is 226 g/mol. The number of hydrogen-bond donors (Lipinski definition) is 2. The van der Waals surface area contributed by atoms with Gasteiger partial charge in [0, 0.05) is 12.6 Å². The van der Waals surface area contributed by atoms with Crippen LogP contribution >= 0.6 is 11.8 Å². The van der Waals surface area contributed by atoms with Crippen LogP contribution in [0.4, 0.5) is 15.8 Å². The molecule has 0 saturated carbocycles. The van der Waals surface area contributed by atoms with E-state index in [2.05, 4.69) is 16.9 Å². The van der Waals surface area contributed by atoms with Gasteiger partial charge in [-0.1, -0.05) is 0 Å². The summed E-state index contributed by atoms with van der Waals surface area (Å²) in [5, 5.41) is 6.67. The van der Waals surface area contributed by atoms with Crippen LogP contribution in [0.3, 0.4) is 0 Å². The maximum absolute atomic E-state index is 12.9. The topological polar surface area (TPSA) is 24.1 Å². The van der Waals surface area contributed by atoms with Crippen LogP contribution in [0.5, 0.6) is 0 Å². The van der Waals surface area contributed by atoms with Crippen molar-refractivity contribution in [3.05, 3.63) is 24.0 Å². The highest BCUT2D eigenvalue weighted by Gasteiger charge is 2.16. The maximum Gasteiger partial charge on any atom is 0.125 e. The molecule has 1 aromatic carbocycles. The van der Waals surface area contributed by atoms with Crippen molar-refractivity contribution in [1.29, 1.82) is 0 Å². The van der Waals surface area contributed by atoms with E-state index in [1.54, 1.807) is 6.07 Å². The number of anilines is 2. The normalized spacial score (nSPS) is 18.9. The van der Waals surface area contributed by atoms with Crippen molar-refractivity contribution >= 4 is 23.1 Å². The van der Waals surface area contributed by atoms with Gasteiger partial charge in [-0.25, -0.2) is 4.39 Å². The molecule has 1 aromatic rings. The van der Waals surface area contributed by atoms with Crippen LogP contribution in [-0.4, -0.2) is 24.6 Å². The standard InChI is InChI=1S/C11H15FN2S/c1-15-5-4-9-7-13-11-6-8(12)2-3-10(11)14-9/h2-3,6,9,13-14H,4-5,7H2,1H3. The number of nitrogens with one attached hydrogen (secondary N) is 2. The first kappa shape index (κ1) is 10.6. The highest BCUT2D eigenvalue weighted by Crippen LogP contribution is 2.27. The minimum atomic E-state index is -0.189. The van der Waals surface area contributed by atoms with Crippen LogP contribution in [-0.2, 0) is 0 Å². The van der Waals surface area contributed by atoms with Crippen LogP contribution < -0.4 is 10.6 Å². The Morgan fingerprint density at radius 2 is 2.33 bits per heavy atom. The van der Waals surface area contributed by atoms with E-state index in [0.29, 0.717) is 6.04 Å². The van der Waals surface area contributed by atoms with Gasteiger partial charge in [-0.2, -0.15) is 11.8 Å². The molecule has 0 radical (unpaired) electrons. The molecule has 82 valence electrons. The van der Waals surface area contributed by atoms with Gasteiger partial charge in [0.1, 0.15) is 5.82 Å². The molecular weight excluding hydrogens is 211 g/mol. The third-order valence-corrected chi connectivity index (χ3v) is 3.19. The number of benzene rings is 1. The number of fused-ring (bicyclic) bond motifs is 1. The van der Waals surface area contributed by atoms with Crippen molar-refractivity contribution in [3.63, 3.8) is 0 Å². The van der Waals surface area contributed by atoms with E-state index in [9.17, 15) is 4.39 Å². The average Bonchev–Trinajstić information content (AvgIpc) is 2.26. The summed E-state index contributed by atoms with van der Waals surface area (Å²) in [4.78, 5) is 0. The van der Waals surface area contributed by atoms with Crippen LogP contribution in [0.2, 0.25) is 0 Å². The van der Waals surface area contributed by atoms with Gasteiger partial charge in [0.2, 0.25) is 0 Å². The van der Waals surface area contributed by atoms with Crippen molar-refractivity contribution in [2.45, 2.75) is 12.5 Å². The first-order valence-corrected chi connectivity index (χ1v) is 6.48. The molecule has 2 rings (SSSR count). The second-order valence-electron chi connectivity index (χ2n) is 3.69. The molecule has 1 atom stereocenters. The Morgan fingerprint density at radius 3 is 3.13 bits per heavy atom. The molecule has 1 heterocycles. The summed E-state index contributed by atoms with van der Waals surface area (Å²) in [6.07, 6.45) is 3.24. The van der Waals surface area contributed by atoms with E-state index in [0.717, 1.165) is 30.1 Å². The molecule has 0 bridgehead atoms. The molecule has 2 N–H and O–H groups in total. The molecule has 1 unspecified atom stereocenters. The minimum Gasteiger partial charge on any atom is -0.381 e. The quantitative estimate of drug-likeness (QED) is 0.828. The Bertz CT molecular complexity index is 343. The van der Waals surface area contributed by atoms with Crippen molar-refractivity contribution in [3.8, 4) is 0 Å². The molecule has 0 saturated heterocycles. The summed E-state index contributed by atoms with van der Waals surface area (Å²) < 4.78 is 12.9. The first-order valence-electron chi connectivity index (χ1n) is 5.08. The molecule has 0 aliphatic carbocycles. The smallest absolute Gasteiger partial charge is 0.125 e. The third-order valence-electron chi connectivity index (χ3n) is 2.55. The summed E-state index contributed by atoms with van der Waals surface area (Å²) in [5.74, 6) is 0.959.